The van der Waals surface area contributed by atoms with Crippen molar-refractivity contribution in [2.24, 2.45) is 0 Å². The van der Waals surface area contributed by atoms with Crippen molar-refractivity contribution in [2.45, 2.75) is 19.4 Å². The van der Waals surface area contributed by atoms with Crippen LogP contribution in [0.4, 0.5) is 0 Å². The van der Waals surface area contributed by atoms with Crippen LogP contribution in [0.15, 0.2) is 30.3 Å². The first-order chi connectivity index (χ1) is 5.88. The van der Waals surface area contributed by atoms with E-state index in [1.54, 1.807) is 0 Å². The molecule has 0 N–H and O–H groups in total. The number of hydrogen-bond acceptors (Lipinski definition) is 0. The molecule has 0 aliphatic heterocycles. The monoisotopic (exact) mass is 198 g/mol. The zero-order chi connectivity index (χ0) is 8.81. The van der Waals surface area contributed by atoms with Crippen molar-refractivity contribution in [3.05, 3.63) is 30.3 Å². The normalized spacial score (nSPS) is 12.8. The second-order valence-corrected chi connectivity index (χ2v) is 6.92. The van der Waals surface area contributed by atoms with Crippen LogP contribution < -0.4 is 5.19 Å². The highest BCUT2D eigenvalue weighted by molar-refractivity contribution is 6.78. The molecular weight excluding hydrogens is 184 g/mol. The van der Waals surface area contributed by atoms with Gasteiger partial charge in [0, 0.05) is 5.50 Å². The predicted molar refractivity (Wildman–Crippen MR) is 59.0 cm³/mol. The SMILES string of the molecule is CCC[SiH](CCl)c1ccccc1. The Morgan fingerprint density at radius 1 is 1.25 bits per heavy atom. The van der Waals surface area contributed by atoms with Crippen LogP contribution in [-0.2, 0) is 0 Å². The maximum atomic E-state index is 5.94. The molecule has 0 spiro atoms. The van der Waals surface area contributed by atoms with Gasteiger partial charge >= 0.3 is 0 Å². The van der Waals surface area contributed by atoms with Crippen LogP contribution in [0, 0.1) is 0 Å². The summed E-state index contributed by atoms with van der Waals surface area (Å²) in [5, 5.41) is 1.51. The first kappa shape index (κ1) is 9.81. The van der Waals surface area contributed by atoms with E-state index >= 15 is 0 Å². The minimum atomic E-state index is -0.806. The van der Waals surface area contributed by atoms with E-state index in [2.05, 4.69) is 37.3 Å². The highest BCUT2D eigenvalue weighted by atomic mass is 35.5. The fraction of sp³-hybridized carbons (Fsp3) is 0.400. The van der Waals surface area contributed by atoms with Gasteiger partial charge in [0.1, 0.15) is 0 Å². The van der Waals surface area contributed by atoms with Crippen LogP contribution >= 0.6 is 11.6 Å². The number of halogens is 1. The lowest BCUT2D eigenvalue weighted by Crippen LogP contribution is -2.31. The van der Waals surface area contributed by atoms with Gasteiger partial charge in [-0.2, -0.15) is 0 Å². The number of hydrogen-bond donors (Lipinski definition) is 0. The van der Waals surface area contributed by atoms with E-state index in [9.17, 15) is 0 Å². The van der Waals surface area contributed by atoms with E-state index in [0.29, 0.717) is 0 Å². The molecule has 2 heteroatoms. The topological polar surface area (TPSA) is 0 Å². The van der Waals surface area contributed by atoms with Crippen LogP contribution in [0.3, 0.4) is 0 Å². The van der Waals surface area contributed by atoms with Crippen molar-refractivity contribution in [2.75, 3.05) is 5.50 Å². The Balaban J connectivity index is 2.66. The summed E-state index contributed by atoms with van der Waals surface area (Å²) >= 11 is 5.94. The van der Waals surface area contributed by atoms with Crippen molar-refractivity contribution in [3.63, 3.8) is 0 Å². The molecule has 1 aromatic carbocycles. The molecule has 0 aromatic heterocycles. The molecule has 0 aliphatic rings. The molecule has 1 atom stereocenters. The second-order valence-electron chi connectivity index (χ2n) is 3.05. The van der Waals surface area contributed by atoms with E-state index in [0.717, 1.165) is 5.50 Å². The second kappa shape index (κ2) is 5.39. The van der Waals surface area contributed by atoms with Gasteiger partial charge in [-0.3, -0.25) is 0 Å². The maximum Gasteiger partial charge on any atom is 0.0867 e. The Morgan fingerprint density at radius 2 is 1.92 bits per heavy atom. The van der Waals surface area contributed by atoms with E-state index in [-0.39, 0.29) is 0 Å². The van der Waals surface area contributed by atoms with Crippen LogP contribution in [0.2, 0.25) is 6.04 Å². The van der Waals surface area contributed by atoms with E-state index in [4.69, 9.17) is 11.6 Å². The molecule has 1 aromatic rings. The molecule has 0 bridgehead atoms. The highest BCUT2D eigenvalue weighted by Gasteiger charge is 2.09. The van der Waals surface area contributed by atoms with E-state index in [1.165, 1.54) is 17.7 Å². The molecule has 12 heavy (non-hydrogen) atoms. The molecule has 0 fully saturated rings. The quantitative estimate of drug-likeness (QED) is 0.515. The minimum absolute atomic E-state index is 0.806. The molecule has 0 saturated heterocycles. The minimum Gasteiger partial charge on any atom is -0.130 e. The predicted octanol–water partition coefficient (Wildman–Crippen LogP) is 2.31. The zero-order valence-electron chi connectivity index (χ0n) is 7.46. The lowest BCUT2D eigenvalue weighted by Gasteiger charge is -2.10. The van der Waals surface area contributed by atoms with E-state index < -0.39 is 8.80 Å². The smallest absolute Gasteiger partial charge is 0.0867 e. The number of rotatable bonds is 4. The molecule has 1 rings (SSSR count). The standard InChI is InChI=1S/C10H15ClSi/c1-2-8-12(9-11)10-6-4-3-5-7-10/h3-7,12H,2,8-9H2,1H3. The molecular formula is C10H15ClSi. The summed E-state index contributed by atoms with van der Waals surface area (Å²) in [4.78, 5) is 0. The molecule has 0 amide bonds. The molecule has 0 aliphatic carbocycles. The number of alkyl halides is 1. The van der Waals surface area contributed by atoms with Crippen LogP contribution in [-0.4, -0.2) is 14.3 Å². The van der Waals surface area contributed by atoms with Crippen molar-refractivity contribution in [3.8, 4) is 0 Å². The fourth-order valence-electron chi connectivity index (χ4n) is 1.41. The summed E-state index contributed by atoms with van der Waals surface area (Å²) in [6.45, 7) is 2.23. The number of benzene rings is 1. The third kappa shape index (κ3) is 2.65. The third-order valence-electron chi connectivity index (χ3n) is 2.09. The highest BCUT2D eigenvalue weighted by Crippen LogP contribution is 2.00. The largest absolute Gasteiger partial charge is 0.130 e. The Morgan fingerprint density at radius 3 is 2.42 bits per heavy atom. The van der Waals surface area contributed by atoms with Crippen LogP contribution in [0.1, 0.15) is 13.3 Å². The lowest BCUT2D eigenvalue weighted by atomic mass is 10.4. The zero-order valence-corrected chi connectivity index (χ0v) is 9.37. The molecule has 66 valence electrons. The third-order valence-corrected chi connectivity index (χ3v) is 6.19. The fourth-order valence-corrected chi connectivity index (χ4v) is 4.53. The van der Waals surface area contributed by atoms with Gasteiger partial charge in [-0.1, -0.05) is 54.9 Å². The van der Waals surface area contributed by atoms with Crippen LogP contribution in [0.25, 0.3) is 0 Å². The van der Waals surface area contributed by atoms with Gasteiger partial charge < -0.3 is 0 Å². The average molecular weight is 199 g/mol. The summed E-state index contributed by atoms with van der Waals surface area (Å²) in [7, 11) is -0.806. The van der Waals surface area contributed by atoms with Crippen molar-refractivity contribution in [1.29, 1.82) is 0 Å². The summed E-state index contributed by atoms with van der Waals surface area (Å²) in [6.07, 6.45) is 1.26. The first-order valence-electron chi connectivity index (χ1n) is 4.49. The Bertz CT molecular complexity index is 210. The maximum absolute atomic E-state index is 5.94. The van der Waals surface area contributed by atoms with Crippen molar-refractivity contribution in [1.82, 2.24) is 0 Å². The summed E-state index contributed by atoms with van der Waals surface area (Å²) in [6, 6.07) is 12.0. The van der Waals surface area contributed by atoms with Crippen LogP contribution in [0.5, 0.6) is 0 Å². The van der Waals surface area contributed by atoms with Crippen molar-refractivity contribution >= 4 is 25.6 Å². The van der Waals surface area contributed by atoms with Gasteiger partial charge in [0.25, 0.3) is 0 Å². The summed E-state index contributed by atoms with van der Waals surface area (Å²) in [5.74, 6) is 0. The van der Waals surface area contributed by atoms with Gasteiger partial charge in [-0.15, -0.1) is 11.6 Å². The molecule has 0 radical (unpaired) electrons. The van der Waals surface area contributed by atoms with Gasteiger partial charge in [0.2, 0.25) is 0 Å². The Labute approximate surface area is 81.2 Å². The van der Waals surface area contributed by atoms with Gasteiger partial charge in [-0.25, -0.2) is 0 Å². The average Bonchev–Trinajstić information content (AvgIpc) is 2.15. The molecule has 0 nitrogen and oxygen atoms in total. The first-order valence-corrected chi connectivity index (χ1v) is 7.24. The summed E-state index contributed by atoms with van der Waals surface area (Å²) in [5.41, 5.74) is 0.873. The Kier molecular flexibility index (Phi) is 4.40. The molecule has 1 unspecified atom stereocenters. The lowest BCUT2D eigenvalue weighted by molar-refractivity contribution is 1.07. The molecule has 0 heterocycles. The van der Waals surface area contributed by atoms with Crippen molar-refractivity contribution < 1.29 is 0 Å². The van der Waals surface area contributed by atoms with Gasteiger partial charge in [0.05, 0.1) is 8.80 Å². The Hall–Kier alpha value is -0.273. The van der Waals surface area contributed by atoms with E-state index in [1.807, 2.05) is 0 Å². The summed E-state index contributed by atoms with van der Waals surface area (Å²) < 4.78 is 0. The van der Waals surface area contributed by atoms with Gasteiger partial charge in [0.15, 0.2) is 0 Å². The van der Waals surface area contributed by atoms with Gasteiger partial charge in [-0.05, 0) is 0 Å². The molecule has 0 saturated carbocycles.